The first-order chi connectivity index (χ1) is 12.0. The Balaban J connectivity index is 4.38. The molecule has 0 rings (SSSR count). The van der Waals surface area contributed by atoms with E-state index in [1.807, 2.05) is 0 Å². The zero-order valence-electron chi connectivity index (χ0n) is 18.1. The van der Waals surface area contributed by atoms with Gasteiger partial charge < -0.3 is 9.16 Å². The van der Waals surface area contributed by atoms with Crippen LogP contribution in [0.1, 0.15) is 60.8 Å². The molecule has 164 valence electrons. The quantitative estimate of drug-likeness (QED) is 0.361. The van der Waals surface area contributed by atoms with Crippen molar-refractivity contribution in [2.24, 2.45) is 0 Å². The number of ether oxygens (including phenoxy) is 1. The SMILES string of the molecule is CC(C)(C)S(=O)NC(CCC(F)(F)F)COCCCO[Si](C)(C)C(C)(C)C. The van der Waals surface area contributed by atoms with Gasteiger partial charge in [0, 0.05) is 25.7 Å². The summed E-state index contributed by atoms with van der Waals surface area (Å²) in [6.45, 7) is 17.2. The average Bonchev–Trinajstić information content (AvgIpc) is 2.44. The lowest BCUT2D eigenvalue weighted by Crippen LogP contribution is -2.42. The maximum absolute atomic E-state index is 12.5. The molecule has 9 heteroatoms. The Bertz CT molecular complexity index is 460. The second-order valence-corrected chi connectivity index (χ2v) is 16.2. The Morgan fingerprint density at radius 3 is 2.04 bits per heavy atom. The lowest BCUT2D eigenvalue weighted by molar-refractivity contribution is -0.137. The lowest BCUT2D eigenvalue weighted by Gasteiger charge is -2.36. The van der Waals surface area contributed by atoms with Gasteiger partial charge in [0.05, 0.1) is 22.3 Å². The van der Waals surface area contributed by atoms with Crippen LogP contribution < -0.4 is 4.72 Å². The fourth-order valence-electron chi connectivity index (χ4n) is 1.77. The van der Waals surface area contributed by atoms with Gasteiger partial charge >= 0.3 is 6.18 Å². The van der Waals surface area contributed by atoms with Crippen molar-refractivity contribution in [1.29, 1.82) is 0 Å². The van der Waals surface area contributed by atoms with Crippen LogP contribution in [-0.4, -0.2) is 49.3 Å². The van der Waals surface area contributed by atoms with Crippen LogP contribution in [0.5, 0.6) is 0 Å². The second-order valence-electron chi connectivity index (χ2n) is 9.39. The summed E-state index contributed by atoms with van der Waals surface area (Å²) in [4.78, 5) is 0. The number of hydrogen-bond acceptors (Lipinski definition) is 3. The molecule has 0 aromatic rings. The molecular weight excluding hydrogens is 395 g/mol. The van der Waals surface area contributed by atoms with Gasteiger partial charge in [-0.05, 0) is 51.7 Å². The summed E-state index contributed by atoms with van der Waals surface area (Å²) >= 11 is 0. The van der Waals surface area contributed by atoms with E-state index < -0.39 is 42.7 Å². The Hall–Kier alpha value is 0.0369. The third-order valence-corrected chi connectivity index (χ3v) is 10.8. The highest BCUT2D eigenvalue weighted by atomic mass is 32.2. The minimum absolute atomic E-state index is 0.0952. The molecule has 0 radical (unpaired) electrons. The summed E-state index contributed by atoms with van der Waals surface area (Å²) in [5, 5.41) is 0.136. The van der Waals surface area contributed by atoms with Gasteiger partial charge in [-0.1, -0.05) is 20.8 Å². The van der Waals surface area contributed by atoms with E-state index in [4.69, 9.17) is 9.16 Å². The highest BCUT2D eigenvalue weighted by Gasteiger charge is 2.36. The first-order valence-electron chi connectivity index (χ1n) is 9.42. The molecule has 0 aliphatic heterocycles. The van der Waals surface area contributed by atoms with Crippen molar-refractivity contribution >= 4 is 19.3 Å². The second kappa shape index (κ2) is 10.7. The molecule has 0 bridgehead atoms. The van der Waals surface area contributed by atoms with Crippen molar-refractivity contribution in [1.82, 2.24) is 4.72 Å². The molecule has 0 aromatic carbocycles. The molecule has 0 aliphatic carbocycles. The van der Waals surface area contributed by atoms with E-state index in [1.165, 1.54) is 0 Å². The zero-order valence-corrected chi connectivity index (χ0v) is 19.9. The molecule has 0 saturated heterocycles. The first kappa shape index (κ1) is 27.0. The number of rotatable bonds is 11. The van der Waals surface area contributed by atoms with E-state index in [9.17, 15) is 17.4 Å². The van der Waals surface area contributed by atoms with Crippen molar-refractivity contribution in [3.8, 4) is 0 Å². The monoisotopic (exact) mass is 433 g/mol. The predicted molar refractivity (Wildman–Crippen MR) is 109 cm³/mol. The number of nitrogens with one attached hydrogen (secondary N) is 1. The molecule has 2 unspecified atom stereocenters. The smallest absolute Gasteiger partial charge is 0.389 e. The van der Waals surface area contributed by atoms with E-state index in [0.29, 0.717) is 19.6 Å². The maximum Gasteiger partial charge on any atom is 0.389 e. The van der Waals surface area contributed by atoms with E-state index in [-0.39, 0.29) is 18.1 Å². The molecule has 0 amide bonds. The van der Waals surface area contributed by atoms with Crippen LogP contribution in [0, 0.1) is 0 Å². The van der Waals surface area contributed by atoms with E-state index in [1.54, 1.807) is 20.8 Å². The molecule has 0 heterocycles. The summed E-state index contributed by atoms with van der Waals surface area (Å²) in [7, 11) is -3.24. The van der Waals surface area contributed by atoms with Crippen LogP contribution in [0.15, 0.2) is 0 Å². The fourth-order valence-corrected chi connectivity index (χ4v) is 3.70. The highest BCUT2D eigenvalue weighted by molar-refractivity contribution is 7.84. The molecule has 0 spiro atoms. The van der Waals surface area contributed by atoms with Gasteiger partial charge in [-0.3, -0.25) is 0 Å². The van der Waals surface area contributed by atoms with E-state index in [2.05, 4.69) is 38.6 Å². The molecule has 0 fully saturated rings. The number of alkyl halides is 3. The molecule has 1 N–H and O–H groups in total. The van der Waals surface area contributed by atoms with Crippen molar-refractivity contribution in [2.75, 3.05) is 19.8 Å². The third kappa shape index (κ3) is 12.3. The van der Waals surface area contributed by atoms with Crippen molar-refractivity contribution < 1.29 is 26.5 Å². The average molecular weight is 434 g/mol. The molecule has 2 atom stereocenters. The molecule has 27 heavy (non-hydrogen) atoms. The van der Waals surface area contributed by atoms with Gasteiger partial charge in [0.2, 0.25) is 0 Å². The van der Waals surface area contributed by atoms with Gasteiger partial charge in [0.15, 0.2) is 8.32 Å². The standard InChI is InChI=1S/C18H38F3NO3SSi/c1-16(2,3)26(23)22-15(10-11-18(19,20)21)14-24-12-9-13-25-27(7,8)17(4,5)6/h15,22H,9-14H2,1-8H3. The summed E-state index contributed by atoms with van der Waals surface area (Å²) < 4.78 is 63.6. The molecule has 0 aromatic heterocycles. The zero-order chi connectivity index (χ0) is 21.5. The molecule has 4 nitrogen and oxygen atoms in total. The third-order valence-electron chi connectivity index (χ3n) is 4.63. The summed E-state index contributed by atoms with van der Waals surface area (Å²) in [5.74, 6) is 0. The van der Waals surface area contributed by atoms with Gasteiger partial charge in [0.1, 0.15) is 0 Å². The largest absolute Gasteiger partial charge is 0.417 e. The van der Waals surface area contributed by atoms with Crippen LogP contribution in [-0.2, 0) is 20.1 Å². The Morgan fingerprint density at radius 1 is 1.04 bits per heavy atom. The Kier molecular flexibility index (Phi) is 10.7. The van der Waals surface area contributed by atoms with Crippen LogP contribution in [0.4, 0.5) is 13.2 Å². The fraction of sp³-hybridized carbons (Fsp3) is 1.00. The highest BCUT2D eigenvalue weighted by Crippen LogP contribution is 2.36. The topological polar surface area (TPSA) is 47.6 Å². The maximum atomic E-state index is 12.5. The normalized spacial score (nSPS) is 16.4. The van der Waals surface area contributed by atoms with Crippen LogP contribution >= 0.6 is 0 Å². The van der Waals surface area contributed by atoms with E-state index >= 15 is 0 Å². The summed E-state index contributed by atoms with van der Waals surface area (Å²) in [6.07, 6.45) is -4.64. The van der Waals surface area contributed by atoms with Crippen molar-refractivity contribution in [3.63, 3.8) is 0 Å². The summed E-state index contributed by atoms with van der Waals surface area (Å²) in [6, 6.07) is -0.604. The van der Waals surface area contributed by atoms with Crippen LogP contribution in [0.2, 0.25) is 18.1 Å². The Labute approximate surface area is 166 Å². The van der Waals surface area contributed by atoms with Crippen molar-refractivity contribution in [2.45, 2.75) is 95.9 Å². The number of halogens is 3. The molecule has 0 aliphatic rings. The minimum atomic E-state index is -4.24. The first-order valence-corrected chi connectivity index (χ1v) is 13.5. The van der Waals surface area contributed by atoms with Crippen molar-refractivity contribution in [3.05, 3.63) is 0 Å². The summed E-state index contributed by atoms with van der Waals surface area (Å²) in [5.41, 5.74) is 0. The number of hydrogen-bond donors (Lipinski definition) is 1. The van der Waals surface area contributed by atoms with Gasteiger partial charge in [-0.25, -0.2) is 8.93 Å². The minimum Gasteiger partial charge on any atom is -0.417 e. The van der Waals surface area contributed by atoms with Crippen LogP contribution in [0.25, 0.3) is 0 Å². The van der Waals surface area contributed by atoms with E-state index in [0.717, 1.165) is 0 Å². The predicted octanol–water partition coefficient (Wildman–Crippen LogP) is 5.18. The van der Waals surface area contributed by atoms with Gasteiger partial charge in [0.25, 0.3) is 0 Å². The Morgan fingerprint density at radius 2 is 1.59 bits per heavy atom. The van der Waals surface area contributed by atoms with Gasteiger partial charge in [-0.15, -0.1) is 0 Å². The molecular formula is C18H38F3NO3SSi. The molecule has 0 saturated carbocycles. The lowest BCUT2D eigenvalue weighted by atomic mass is 10.2. The van der Waals surface area contributed by atoms with Gasteiger partial charge in [-0.2, -0.15) is 13.2 Å². The van der Waals surface area contributed by atoms with Crippen LogP contribution in [0.3, 0.4) is 0 Å².